The lowest BCUT2D eigenvalue weighted by Crippen LogP contribution is -2.49. The molecule has 1 aliphatic heterocycles. The summed E-state index contributed by atoms with van der Waals surface area (Å²) in [6.45, 7) is 3.26. The second kappa shape index (κ2) is 6.36. The fourth-order valence-corrected chi connectivity index (χ4v) is 4.83. The van der Waals surface area contributed by atoms with Crippen LogP contribution in [0, 0.1) is 17.8 Å². The largest absolute Gasteiger partial charge is 0.469 e. The van der Waals surface area contributed by atoms with E-state index in [2.05, 4.69) is 29.6 Å². The van der Waals surface area contributed by atoms with Crippen LogP contribution in [0.2, 0.25) is 0 Å². The Morgan fingerprint density at radius 2 is 2.04 bits per heavy atom. The molecule has 1 aromatic rings. The van der Waals surface area contributed by atoms with E-state index in [1.54, 1.807) is 0 Å². The van der Waals surface area contributed by atoms with Crippen molar-refractivity contribution < 1.29 is 14.3 Å². The number of piperidine rings is 1. The van der Waals surface area contributed by atoms with Crippen molar-refractivity contribution in [3.8, 4) is 0 Å². The summed E-state index contributed by atoms with van der Waals surface area (Å²) in [5.74, 6) is 0.957. The van der Waals surface area contributed by atoms with Gasteiger partial charge in [-0.15, -0.1) is 0 Å². The number of carbonyl (C=O) groups is 2. The number of ether oxygens (including phenoxy) is 1. The molecule has 2 amide bonds. The average Bonchev–Trinajstić information content (AvgIpc) is 3.34. The highest BCUT2D eigenvalue weighted by Crippen LogP contribution is 2.54. The zero-order valence-corrected chi connectivity index (χ0v) is 14.9. The molecular formula is C20H26N2O3. The van der Waals surface area contributed by atoms with E-state index in [-0.39, 0.29) is 29.9 Å². The molecule has 0 aromatic heterocycles. The summed E-state index contributed by atoms with van der Waals surface area (Å²) in [4.78, 5) is 26.3. The third-order valence-electron chi connectivity index (χ3n) is 6.32. The number of urea groups is 1. The number of amides is 2. The van der Waals surface area contributed by atoms with Crippen molar-refractivity contribution in [3.63, 3.8) is 0 Å². The number of methoxy groups -OCH3 is 1. The van der Waals surface area contributed by atoms with Gasteiger partial charge >= 0.3 is 12.0 Å². The van der Waals surface area contributed by atoms with Gasteiger partial charge in [-0.2, -0.15) is 0 Å². The maximum Gasteiger partial charge on any atom is 0.317 e. The molecule has 134 valence electrons. The molecular weight excluding hydrogens is 316 g/mol. The van der Waals surface area contributed by atoms with E-state index in [4.69, 9.17) is 4.74 Å². The highest BCUT2D eigenvalue weighted by molar-refractivity contribution is 5.77. The van der Waals surface area contributed by atoms with Crippen molar-refractivity contribution in [1.29, 1.82) is 0 Å². The van der Waals surface area contributed by atoms with Gasteiger partial charge in [-0.3, -0.25) is 4.79 Å². The van der Waals surface area contributed by atoms with Gasteiger partial charge in [-0.1, -0.05) is 31.2 Å². The summed E-state index contributed by atoms with van der Waals surface area (Å²) >= 11 is 0. The van der Waals surface area contributed by atoms with Gasteiger partial charge in [0.1, 0.15) is 0 Å². The number of benzene rings is 1. The van der Waals surface area contributed by atoms with Crippen molar-refractivity contribution in [2.45, 2.75) is 38.1 Å². The van der Waals surface area contributed by atoms with Crippen LogP contribution in [-0.2, 0) is 16.0 Å². The van der Waals surface area contributed by atoms with E-state index in [0.29, 0.717) is 31.3 Å². The number of carbonyl (C=O) groups excluding carboxylic acids is 2. The van der Waals surface area contributed by atoms with E-state index < -0.39 is 0 Å². The smallest absolute Gasteiger partial charge is 0.317 e. The Hall–Kier alpha value is -2.04. The number of hydrogen-bond acceptors (Lipinski definition) is 3. The third kappa shape index (κ3) is 2.90. The zero-order valence-electron chi connectivity index (χ0n) is 14.9. The highest BCUT2D eigenvalue weighted by atomic mass is 16.5. The van der Waals surface area contributed by atoms with Crippen LogP contribution in [0.3, 0.4) is 0 Å². The van der Waals surface area contributed by atoms with Gasteiger partial charge in [0.05, 0.1) is 13.0 Å². The van der Waals surface area contributed by atoms with E-state index in [1.165, 1.54) is 18.2 Å². The molecule has 4 rings (SSSR count). The number of esters is 1. The highest BCUT2D eigenvalue weighted by Gasteiger charge is 2.54. The fraction of sp³-hybridized carbons (Fsp3) is 0.600. The summed E-state index contributed by atoms with van der Waals surface area (Å²) in [7, 11) is 1.43. The summed E-state index contributed by atoms with van der Waals surface area (Å²) in [5.41, 5.74) is 2.86. The fourth-order valence-electron chi connectivity index (χ4n) is 4.83. The van der Waals surface area contributed by atoms with Gasteiger partial charge in [0.2, 0.25) is 0 Å². The molecule has 3 aliphatic rings. The van der Waals surface area contributed by atoms with Gasteiger partial charge in [0, 0.05) is 25.0 Å². The van der Waals surface area contributed by atoms with E-state index >= 15 is 0 Å². The van der Waals surface area contributed by atoms with Crippen LogP contribution in [0.1, 0.15) is 36.8 Å². The summed E-state index contributed by atoms with van der Waals surface area (Å²) in [6, 6.07) is 8.90. The van der Waals surface area contributed by atoms with Crippen LogP contribution in [0.5, 0.6) is 0 Å². The van der Waals surface area contributed by atoms with E-state index in [9.17, 15) is 9.59 Å². The number of nitrogens with one attached hydrogen (secondary N) is 1. The topological polar surface area (TPSA) is 58.6 Å². The molecule has 25 heavy (non-hydrogen) atoms. The minimum absolute atomic E-state index is 0.0204. The molecule has 1 heterocycles. The van der Waals surface area contributed by atoms with Gasteiger partial charge in [-0.25, -0.2) is 4.79 Å². The second-order valence-corrected chi connectivity index (χ2v) is 7.74. The predicted molar refractivity (Wildman–Crippen MR) is 94.2 cm³/mol. The molecule has 2 fully saturated rings. The lowest BCUT2D eigenvalue weighted by molar-refractivity contribution is -0.148. The Balaban J connectivity index is 1.36. The monoisotopic (exact) mass is 342 g/mol. The molecule has 5 heteroatoms. The Labute approximate surface area is 148 Å². The number of aryl methyl sites for hydroxylation is 1. The van der Waals surface area contributed by atoms with Crippen LogP contribution in [0.4, 0.5) is 4.79 Å². The van der Waals surface area contributed by atoms with Gasteiger partial charge in [-0.05, 0) is 42.2 Å². The number of rotatable bonds is 2. The number of nitrogens with zero attached hydrogens (tertiary/aromatic N) is 1. The zero-order chi connectivity index (χ0) is 17.6. The maximum atomic E-state index is 12.7. The van der Waals surface area contributed by atoms with Crippen molar-refractivity contribution in [3.05, 3.63) is 35.4 Å². The van der Waals surface area contributed by atoms with Crippen LogP contribution in [0.25, 0.3) is 0 Å². The van der Waals surface area contributed by atoms with E-state index in [0.717, 1.165) is 12.8 Å². The molecule has 0 bridgehead atoms. The first-order valence-corrected chi connectivity index (χ1v) is 9.31. The van der Waals surface area contributed by atoms with Crippen molar-refractivity contribution in [2.24, 2.45) is 17.8 Å². The Morgan fingerprint density at radius 1 is 1.24 bits per heavy atom. The Bertz CT molecular complexity index is 689. The van der Waals surface area contributed by atoms with Crippen molar-refractivity contribution >= 4 is 12.0 Å². The lowest BCUT2D eigenvalue weighted by Gasteiger charge is -2.35. The summed E-state index contributed by atoms with van der Waals surface area (Å²) in [6.07, 6.45) is 2.96. The van der Waals surface area contributed by atoms with Crippen LogP contribution < -0.4 is 5.32 Å². The Morgan fingerprint density at radius 3 is 2.80 bits per heavy atom. The quantitative estimate of drug-likeness (QED) is 0.841. The summed E-state index contributed by atoms with van der Waals surface area (Å²) in [5, 5.41) is 3.26. The first-order chi connectivity index (χ1) is 12.1. The molecule has 1 saturated carbocycles. The molecule has 0 spiro atoms. The Kier molecular flexibility index (Phi) is 4.18. The van der Waals surface area contributed by atoms with Crippen molar-refractivity contribution in [2.75, 3.05) is 20.2 Å². The van der Waals surface area contributed by atoms with Crippen molar-refractivity contribution in [1.82, 2.24) is 10.2 Å². The standard InChI is InChI=1S/C20H26N2O3/c1-12-11-22(10-9-14(12)19(23)25-2)20(24)21-18-16-8-7-13-5-3-4-6-15(13)17(16)18/h3-6,12,14,16-18H,7-11H2,1-2H3,(H,21,24)/t12-,14-,16-,17-,18-/m1/s1. The molecule has 2 aliphatic carbocycles. The predicted octanol–water partition coefficient (Wildman–Crippen LogP) is 2.56. The second-order valence-electron chi connectivity index (χ2n) is 7.74. The minimum Gasteiger partial charge on any atom is -0.469 e. The van der Waals surface area contributed by atoms with Gasteiger partial charge in [0.15, 0.2) is 0 Å². The first-order valence-electron chi connectivity index (χ1n) is 9.31. The molecule has 1 saturated heterocycles. The first kappa shape index (κ1) is 16.4. The summed E-state index contributed by atoms with van der Waals surface area (Å²) < 4.78 is 4.87. The molecule has 1 N–H and O–H groups in total. The molecule has 5 nitrogen and oxygen atoms in total. The maximum absolute atomic E-state index is 12.7. The minimum atomic E-state index is -0.155. The lowest BCUT2D eigenvalue weighted by atomic mass is 9.87. The molecule has 5 atom stereocenters. The van der Waals surface area contributed by atoms with Gasteiger partial charge in [0.25, 0.3) is 0 Å². The van der Waals surface area contributed by atoms with Crippen LogP contribution in [-0.4, -0.2) is 43.1 Å². The number of fused-ring (bicyclic) bond motifs is 3. The van der Waals surface area contributed by atoms with Crippen LogP contribution in [0.15, 0.2) is 24.3 Å². The van der Waals surface area contributed by atoms with Gasteiger partial charge < -0.3 is 15.0 Å². The molecule has 1 aromatic carbocycles. The van der Waals surface area contributed by atoms with E-state index in [1.807, 2.05) is 11.8 Å². The SMILES string of the molecule is COC(=O)[C@@H]1CCN(C(=O)N[C@@H]2[C@@H]3CCc4ccccc4[C@H]32)C[C@H]1C. The normalized spacial score (nSPS) is 33.0. The average molecular weight is 342 g/mol. The number of likely N-dealkylation sites (tertiary alicyclic amines) is 1. The number of hydrogen-bond donors (Lipinski definition) is 1. The molecule has 0 radical (unpaired) electrons. The third-order valence-corrected chi connectivity index (χ3v) is 6.32. The van der Waals surface area contributed by atoms with Crippen LogP contribution >= 0.6 is 0 Å². The molecule has 0 unspecified atom stereocenters.